The second kappa shape index (κ2) is 3.41. The lowest BCUT2D eigenvalue weighted by molar-refractivity contribution is -0.312. The largest absolute Gasteiger partial charge is 0.457 e. The van der Waals surface area contributed by atoms with Gasteiger partial charge >= 0.3 is 18.1 Å². The van der Waals surface area contributed by atoms with Gasteiger partial charge in [0, 0.05) is 5.56 Å². The first-order valence-corrected chi connectivity index (χ1v) is 4.49. The predicted octanol–water partition coefficient (Wildman–Crippen LogP) is 3.10. The minimum Gasteiger partial charge on any atom is -0.447 e. The lowest BCUT2D eigenvalue weighted by Crippen LogP contribution is -2.42. The first kappa shape index (κ1) is 11.8. The van der Waals surface area contributed by atoms with E-state index in [2.05, 4.69) is 4.74 Å². The van der Waals surface area contributed by atoms with Crippen molar-refractivity contribution in [2.45, 2.75) is 18.2 Å². The third-order valence-corrected chi connectivity index (χ3v) is 2.40. The summed E-state index contributed by atoms with van der Waals surface area (Å²) in [6.45, 7) is 0. The molecule has 0 saturated heterocycles. The number of halogens is 5. The summed E-state index contributed by atoms with van der Waals surface area (Å²) in [5.41, 5.74) is -0.707. The van der Waals surface area contributed by atoms with Crippen molar-refractivity contribution in [3.63, 3.8) is 0 Å². The Morgan fingerprint density at radius 1 is 1.06 bits per heavy atom. The van der Waals surface area contributed by atoms with E-state index >= 15 is 0 Å². The van der Waals surface area contributed by atoms with Gasteiger partial charge in [-0.05, 0) is 6.07 Å². The van der Waals surface area contributed by atoms with Crippen LogP contribution in [0.2, 0.25) is 0 Å². The molecule has 7 heteroatoms. The molecule has 1 unspecified atom stereocenters. The molecule has 1 heterocycles. The van der Waals surface area contributed by atoms with Gasteiger partial charge in [0.2, 0.25) is 6.10 Å². The molecule has 0 fully saturated rings. The number of rotatable bonds is 1. The van der Waals surface area contributed by atoms with Crippen LogP contribution in [0.3, 0.4) is 0 Å². The quantitative estimate of drug-likeness (QED) is 0.567. The zero-order valence-corrected chi connectivity index (χ0v) is 8.09. The fraction of sp³-hybridized carbons (Fsp3) is 0.300. The maximum Gasteiger partial charge on any atom is 0.457 e. The molecule has 17 heavy (non-hydrogen) atoms. The molecule has 0 radical (unpaired) electrons. The highest BCUT2D eigenvalue weighted by Crippen LogP contribution is 2.49. The number of hydrogen-bond donors (Lipinski definition) is 0. The molecule has 0 N–H and O–H groups in total. The first-order valence-electron chi connectivity index (χ1n) is 4.49. The van der Waals surface area contributed by atoms with Crippen molar-refractivity contribution < 1.29 is 31.5 Å². The number of hydrogen-bond acceptors (Lipinski definition) is 2. The molecule has 1 aromatic rings. The molecule has 0 bridgehead atoms. The fourth-order valence-electron chi connectivity index (χ4n) is 1.56. The molecule has 1 atom stereocenters. The van der Waals surface area contributed by atoms with Crippen molar-refractivity contribution in [3.8, 4) is 0 Å². The molecule has 0 amide bonds. The first-order chi connectivity index (χ1) is 7.75. The summed E-state index contributed by atoms with van der Waals surface area (Å²) in [5.74, 6) is -6.27. The van der Waals surface area contributed by atoms with E-state index in [0.717, 1.165) is 12.1 Å². The van der Waals surface area contributed by atoms with Gasteiger partial charge in [-0.25, -0.2) is 4.79 Å². The van der Waals surface area contributed by atoms with Crippen LogP contribution in [0.15, 0.2) is 24.3 Å². The summed E-state index contributed by atoms with van der Waals surface area (Å²) >= 11 is 0. The highest BCUT2D eigenvalue weighted by atomic mass is 19.4. The van der Waals surface area contributed by atoms with Gasteiger partial charge < -0.3 is 4.74 Å². The van der Waals surface area contributed by atoms with Crippen LogP contribution in [0.1, 0.15) is 22.0 Å². The number of benzene rings is 1. The predicted molar refractivity (Wildman–Crippen MR) is 45.6 cm³/mol. The number of fused-ring (bicyclic) bond motifs is 1. The van der Waals surface area contributed by atoms with E-state index in [1.807, 2.05) is 0 Å². The molecular weight excluding hydrogens is 247 g/mol. The average Bonchev–Trinajstić information content (AvgIpc) is 2.56. The minimum atomic E-state index is -5.77. The number of esters is 1. The third-order valence-electron chi connectivity index (χ3n) is 2.40. The summed E-state index contributed by atoms with van der Waals surface area (Å²) in [4.78, 5) is 11.1. The van der Waals surface area contributed by atoms with Crippen LogP contribution in [0.25, 0.3) is 0 Å². The Morgan fingerprint density at radius 2 is 1.65 bits per heavy atom. The lowest BCUT2D eigenvalue weighted by Gasteiger charge is -2.24. The van der Waals surface area contributed by atoms with Crippen molar-refractivity contribution >= 4 is 5.97 Å². The lowest BCUT2D eigenvalue weighted by atomic mass is 10.0. The van der Waals surface area contributed by atoms with Gasteiger partial charge in [0.1, 0.15) is 0 Å². The van der Waals surface area contributed by atoms with Gasteiger partial charge in [-0.15, -0.1) is 0 Å². The topological polar surface area (TPSA) is 26.3 Å². The highest BCUT2D eigenvalue weighted by molar-refractivity contribution is 5.94. The molecule has 2 nitrogen and oxygen atoms in total. The van der Waals surface area contributed by atoms with Crippen LogP contribution in [-0.2, 0) is 4.74 Å². The Morgan fingerprint density at radius 3 is 2.24 bits per heavy atom. The molecule has 0 aromatic heterocycles. The fourth-order valence-corrected chi connectivity index (χ4v) is 1.56. The van der Waals surface area contributed by atoms with Crippen LogP contribution < -0.4 is 0 Å². The van der Waals surface area contributed by atoms with Crippen molar-refractivity contribution in [1.82, 2.24) is 0 Å². The summed E-state index contributed by atoms with van der Waals surface area (Å²) in [5, 5.41) is 0. The van der Waals surface area contributed by atoms with E-state index < -0.39 is 29.7 Å². The molecule has 1 aromatic carbocycles. The van der Waals surface area contributed by atoms with Crippen LogP contribution in [0.5, 0.6) is 0 Å². The van der Waals surface area contributed by atoms with E-state index in [1.165, 1.54) is 12.1 Å². The standard InChI is InChI=1S/C10H5F5O2/c11-9(12,10(13,14)15)7-5-3-1-2-4-6(5)8(16)17-7/h1-4,7H. The van der Waals surface area contributed by atoms with Crippen molar-refractivity contribution in [3.05, 3.63) is 35.4 Å². The van der Waals surface area contributed by atoms with Gasteiger partial charge in [0.15, 0.2) is 0 Å². The van der Waals surface area contributed by atoms with Crippen molar-refractivity contribution in [2.75, 3.05) is 0 Å². The number of carbonyl (C=O) groups excluding carboxylic acids is 1. The van der Waals surface area contributed by atoms with Gasteiger partial charge in [0.25, 0.3) is 0 Å². The number of alkyl halides is 5. The normalized spacial score (nSPS) is 20.1. The highest BCUT2D eigenvalue weighted by Gasteiger charge is 2.66. The van der Waals surface area contributed by atoms with Crippen molar-refractivity contribution in [2.24, 2.45) is 0 Å². The van der Waals surface area contributed by atoms with Gasteiger partial charge in [0.05, 0.1) is 5.56 Å². The zero-order chi connectivity index (χ0) is 12.8. The Bertz CT molecular complexity index is 466. The maximum absolute atomic E-state index is 13.1. The summed E-state index contributed by atoms with van der Waals surface area (Å²) < 4.78 is 66.8. The number of carbonyl (C=O) groups is 1. The molecular formula is C10H5F5O2. The second-order valence-electron chi connectivity index (χ2n) is 3.49. The Hall–Kier alpha value is -1.66. The average molecular weight is 252 g/mol. The summed E-state index contributed by atoms with van der Waals surface area (Å²) in [6, 6.07) is 4.78. The van der Waals surface area contributed by atoms with E-state index in [9.17, 15) is 26.7 Å². The molecule has 1 aliphatic rings. The SMILES string of the molecule is O=C1OC(C(F)(F)C(F)(F)F)c2ccccc21. The van der Waals surface area contributed by atoms with Gasteiger partial charge in [-0.1, -0.05) is 18.2 Å². The molecule has 0 spiro atoms. The van der Waals surface area contributed by atoms with E-state index in [4.69, 9.17) is 0 Å². The van der Waals surface area contributed by atoms with Crippen molar-refractivity contribution in [1.29, 1.82) is 0 Å². The van der Waals surface area contributed by atoms with Crippen LogP contribution >= 0.6 is 0 Å². The van der Waals surface area contributed by atoms with E-state index in [-0.39, 0.29) is 5.56 Å². The van der Waals surface area contributed by atoms with Crippen LogP contribution in [0.4, 0.5) is 22.0 Å². The summed E-state index contributed by atoms with van der Waals surface area (Å²) in [7, 11) is 0. The van der Waals surface area contributed by atoms with E-state index in [0.29, 0.717) is 0 Å². The zero-order valence-electron chi connectivity index (χ0n) is 8.09. The number of ether oxygens (including phenoxy) is 1. The second-order valence-corrected chi connectivity index (χ2v) is 3.49. The van der Waals surface area contributed by atoms with E-state index in [1.54, 1.807) is 0 Å². The minimum absolute atomic E-state index is 0.263. The smallest absolute Gasteiger partial charge is 0.447 e. The Balaban J connectivity index is 2.48. The molecule has 0 aliphatic carbocycles. The molecule has 92 valence electrons. The van der Waals surface area contributed by atoms with Gasteiger partial charge in [-0.2, -0.15) is 22.0 Å². The summed E-state index contributed by atoms with van der Waals surface area (Å²) in [6.07, 6.45) is -8.37. The van der Waals surface area contributed by atoms with Gasteiger partial charge in [-0.3, -0.25) is 0 Å². The van der Waals surface area contributed by atoms with Crippen LogP contribution in [-0.4, -0.2) is 18.1 Å². The maximum atomic E-state index is 13.1. The Kier molecular flexibility index (Phi) is 2.37. The number of cyclic esters (lactones) is 1. The Labute approximate surface area is 92.0 Å². The molecule has 0 saturated carbocycles. The molecule has 2 rings (SSSR count). The third kappa shape index (κ3) is 1.65. The monoisotopic (exact) mass is 252 g/mol. The molecule has 1 aliphatic heterocycles. The van der Waals surface area contributed by atoms with Crippen LogP contribution in [0, 0.1) is 0 Å².